The lowest BCUT2D eigenvalue weighted by Crippen LogP contribution is -2.14. The molecule has 5 nitrogen and oxygen atoms in total. The van der Waals surface area contributed by atoms with Crippen molar-refractivity contribution in [2.24, 2.45) is 0 Å². The first-order chi connectivity index (χ1) is 11.4. The van der Waals surface area contributed by atoms with Crippen LogP contribution in [0.25, 0.3) is 0 Å². The van der Waals surface area contributed by atoms with Gasteiger partial charge in [-0.25, -0.2) is 13.2 Å². The van der Waals surface area contributed by atoms with Crippen LogP contribution in [0.5, 0.6) is 5.75 Å². The number of hydrogen-bond acceptors (Lipinski definition) is 4. The Morgan fingerprint density at radius 1 is 1.17 bits per heavy atom. The Bertz CT molecular complexity index is 900. The smallest absolute Gasteiger partial charge is 0.335 e. The number of fused-ring (bicyclic) bond motifs is 1. The summed E-state index contributed by atoms with van der Waals surface area (Å²) < 4.78 is 31.8. The van der Waals surface area contributed by atoms with Gasteiger partial charge in [0.15, 0.2) is 9.84 Å². The summed E-state index contributed by atoms with van der Waals surface area (Å²) in [4.78, 5) is 11.4. The van der Waals surface area contributed by atoms with Gasteiger partial charge in [-0.15, -0.1) is 0 Å². The molecule has 2 aromatic carbocycles. The molecule has 24 heavy (non-hydrogen) atoms. The largest absolute Gasteiger partial charge is 0.489 e. The molecule has 1 heterocycles. The van der Waals surface area contributed by atoms with Crippen LogP contribution in [-0.4, -0.2) is 26.1 Å². The number of hydrogen-bond donors (Lipinski definition) is 1. The van der Waals surface area contributed by atoms with Crippen molar-refractivity contribution in [3.05, 3.63) is 71.8 Å². The van der Waals surface area contributed by atoms with Crippen LogP contribution in [0.4, 0.5) is 0 Å². The first-order valence-electron chi connectivity index (χ1n) is 7.35. The zero-order valence-corrected chi connectivity index (χ0v) is 13.6. The maximum atomic E-state index is 13.1. The highest BCUT2D eigenvalue weighted by Gasteiger charge is 2.34. The lowest BCUT2D eigenvalue weighted by molar-refractivity contribution is 0.0696. The fourth-order valence-electron chi connectivity index (χ4n) is 2.73. The first kappa shape index (κ1) is 16.3. The number of ether oxygens (including phenoxy) is 1. The fourth-order valence-corrected chi connectivity index (χ4v) is 4.57. The third-order valence-corrected chi connectivity index (χ3v) is 6.05. The summed E-state index contributed by atoms with van der Waals surface area (Å²) in [5.74, 6) is -0.736. The molecule has 2 aromatic rings. The summed E-state index contributed by atoms with van der Waals surface area (Å²) in [7, 11) is -3.71. The van der Waals surface area contributed by atoms with Gasteiger partial charge in [0.2, 0.25) is 0 Å². The predicted molar refractivity (Wildman–Crippen MR) is 89.0 cm³/mol. The molecular formula is C18H16O5S. The Balaban J connectivity index is 2.18. The molecule has 0 saturated heterocycles. The molecule has 0 aromatic heterocycles. The van der Waals surface area contributed by atoms with Gasteiger partial charge in [-0.3, -0.25) is 0 Å². The number of rotatable bonds is 3. The van der Waals surface area contributed by atoms with Crippen molar-refractivity contribution in [3.63, 3.8) is 0 Å². The molecule has 0 saturated carbocycles. The standard InChI is InChI=1S/C18H16O5S/c1-12-9-17(24(21,22)14-5-3-2-4-6-14)15-10-13(18(19)20)7-8-16(15)23-11-12/h2-8,10,17H,1,9,11H2,(H,19,20). The Hall–Kier alpha value is -2.60. The van der Waals surface area contributed by atoms with Crippen LogP contribution in [0, 0.1) is 0 Å². The zero-order valence-electron chi connectivity index (χ0n) is 12.8. The molecule has 3 rings (SSSR count). The summed E-state index contributed by atoms with van der Waals surface area (Å²) >= 11 is 0. The number of carboxylic acid groups (broad SMARTS) is 1. The van der Waals surface area contributed by atoms with E-state index in [4.69, 9.17) is 4.74 Å². The molecule has 1 unspecified atom stereocenters. The van der Waals surface area contributed by atoms with E-state index in [2.05, 4.69) is 6.58 Å². The molecule has 0 spiro atoms. The lowest BCUT2D eigenvalue weighted by atomic mass is 10.0. The van der Waals surface area contributed by atoms with Gasteiger partial charge in [0.25, 0.3) is 0 Å². The molecule has 6 heteroatoms. The van der Waals surface area contributed by atoms with E-state index in [0.29, 0.717) is 16.9 Å². The number of benzene rings is 2. The summed E-state index contributed by atoms with van der Waals surface area (Å²) in [6, 6.07) is 12.4. The highest BCUT2D eigenvalue weighted by atomic mass is 32.2. The van der Waals surface area contributed by atoms with E-state index in [1.165, 1.54) is 30.3 Å². The maximum absolute atomic E-state index is 13.1. The summed E-state index contributed by atoms with van der Waals surface area (Å²) in [5.41, 5.74) is 1.03. The van der Waals surface area contributed by atoms with E-state index in [0.717, 1.165) is 0 Å². The van der Waals surface area contributed by atoms with Gasteiger partial charge in [-0.05, 0) is 42.3 Å². The van der Waals surface area contributed by atoms with Crippen LogP contribution in [0.2, 0.25) is 0 Å². The molecule has 0 aliphatic carbocycles. The molecule has 0 amide bonds. The fraction of sp³-hybridized carbons (Fsp3) is 0.167. The lowest BCUT2D eigenvalue weighted by Gasteiger charge is -2.18. The van der Waals surface area contributed by atoms with E-state index in [1.54, 1.807) is 18.2 Å². The highest BCUT2D eigenvalue weighted by Crippen LogP contribution is 2.41. The van der Waals surface area contributed by atoms with Gasteiger partial charge >= 0.3 is 5.97 Å². The van der Waals surface area contributed by atoms with E-state index in [1.807, 2.05) is 0 Å². The van der Waals surface area contributed by atoms with Crippen molar-refractivity contribution in [1.29, 1.82) is 0 Å². The van der Waals surface area contributed by atoms with E-state index >= 15 is 0 Å². The Morgan fingerprint density at radius 2 is 1.88 bits per heavy atom. The van der Waals surface area contributed by atoms with Crippen molar-refractivity contribution in [3.8, 4) is 5.75 Å². The van der Waals surface area contributed by atoms with Gasteiger partial charge in [0.1, 0.15) is 12.4 Å². The van der Waals surface area contributed by atoms with Crippen LogP contribution in [0.15, 0.2) is 65.6 Å². The number of carboxylic acids is 1. The molecule has 124 valence electrons. The third-order valence-electron chi connectivity index (χ3n) is 3.96. The normalized spacial score (nSPS) is 17.5. The second-order valence-electron chi connectivity index (χ2n) is 5.65. The van der Waals surface area contributed by atoms with Crippen LogP contribution < -0.4 is 4.74 Å². The average molecular weight is 344 g/mol. The van der Waals surface area contributed by atoms with Crippen molar-refractivity contribution >= 4 is 15.8 Å². The maximum Gasteiger partial charge on any atom is 0.335 e. The van der Waals surface area contributed by atoms with Gasteiger partial charge < -0.3 is 9.84 Å². The number of sulfone groups is 1. The molecule has 1 aliphatic rings. The van der Waals surface area contributed by atoms with Crippen LogP contribution in [0.1, 0.15) is 27.6 Å². The molecule has 0 bridgehead atoms. The minimum Gasteiger partial charge on any atom is -0.489 e. The van der Waals surface area contributed by atoms with E-state index < -0.39 is 21.1 Å². The quantitative estimate of drug-likeness (QED) is 0.865. The monoisotopic (exact) mass is 344 g/mol. The summed E-state index contributed by atoms with van der Waals surface area (Å²) in [6.07, 6.45) is 0.188. The molecule has 0 fully saturated rings. The van der Waals surface area contributed by atoms with Crippen LogP contribution in [0.3, 0.4) is 0 Å². The molecule has 1 atom stereocenters. The minimum absolute atomic E-state index is 0.0260. The number of aromatic carboxylic acids is 1. The van der Waals surface area contributed by atoms with Gasteiger partial charge in [0.05, 0.1) is 15.7 Å². The average Bonchev–Trinajstić information content (AvgIpc) is 2.75. The van der Waals surface area contributed by atoms with Gasteiger partial charge in [-0.2, -0.15) is 0 Å². The zero-order chi connectivity index (χ0) is 17.3. The van der Waals surface area contributed by atoms with Crippen molar-refractivity contribution in [2.75, 3.05) is 6.61 Å². The molecular weight excluding hydrogens is 328 g/mol. The predicted octanol–water partition coefficient (Wildman–Crippen LogP) is 3.24. The van der Waals surface area contributed by atoms with E-state index in [9.17, 15) is 18.3 Å². The first-order valence-corrected chi connectivity index (χ1v) is 8.90. The van der Waals surface area contributed by atoms with Gasteiger partial charge in [0, 0.05) is 5.56 Å². The molecule has 0 radical (unpaired) electrons. The minimum atomic E-state index is -3.71. The van der Waals surface area contributed by atoms with Crippen LogP contribution in [-0.2, 0) is 9.84 Å². The second kappa shape index (κ2) is 6.13. The SMILES string of the molecule is C=C1COc2ccc(C(=O)O)cc2C(S(=O)(=O)c2ccccc2)C1. The summed E-state index contributed by atoms with van der Waals surface area (Å²) in [5, 5.41) is 8.28. The topological polar surface area (TPSA) is 80.7 Å². The van der Waals surface area contributed by atoms with Crippen molar-refractivity contribution in [1.82, 2.24) is 0 Å². The Morgan fingerprint density at radius 3 is 2.54 bits per heavy atom. The van der Waals surface area contributed by atoms with Gasteiger partial charge in [-0.1, -0.05) is 24.8 Å². The molecule has 1 N–H and O–H groups in total. The third kappa shape index (κ3) is 2.92. The van der Waals surface area contributed by atoms with Crippen molar-refractivity contribution < 1.29 is 23.1 Å². The van der Waals surface area contributed by atoms with E-state index in [-0.39, 0.29) is 23.5 Å². The van der Waals surface area contributed by atoms with Crippen molar-refractivity contribution in [2.45, 2.75) is 16.6 Å². The Kier molecular flexibility index (Phi) is 4.15. The highest BCUT2D eigenvalue weighted by molar-refractivity contribution is 7.91. The van der Waals surface area contributed by atoms with Crippen LogP contribution >= 0.6 is 0 Å². The Labute approximate surface area is 140 Å². The summed E-state index contributed by atoms with van der Waals surface area (Å²) in [6.45, 7) is 4.07. The molecule has 1 aliphatic heterocycles. The number of carbonyl (C=O) groups is 1. The second-order valence-corrected chi connectivity index (χ2v) is 7.78.